The minimum Gasteiger partial charge on any atom is -0.505 e. The number of halogens is 2. The molecule has 0 saturated heterocycles. The van der Waals surface area contributed by atoms with Crippen molar-refractivity contribution >= 4 is 34.8 Å². The van der Waals surface area contributed by atoms with Crippen molar-refractivity contribution in [2.45, 2.75) is 26.2 Å². The smallest absolute Gasteiger partial charge is 0.295 e. The predicted molar refractivity (Wildman–Crippen MR) is 81.2 cm³/mol. The van der Waals surface area contributed by atoms with Gasteiger partial charge in [-0.25, -0.2) is 4.98 Å². The molecule has 1 heterocycles. The summed E-state index contributed by atoms with van der Waals surface area (Å²) in [6, 6.07) is 2.77. The molecule has 1 aromatic heterocycles. The van der Waals surface area contributed by atoms with Gasteiger partial charge in [-0.05, 0) is 12.1 Å². The van der Waals surface area contributed by atoms with Crippen molar-refractivity contribution in [3.8, 4) is 5.75 Å². The van der Waals surface area contributed by atoms with Gasteiger partial charge in [-0.3, -0.25) is 9.89 Å². The minimum atomic E-state index is -0.500. The predicted octanol–water partition coefficient (Wildman–Crippen LogP) is 3.37. The molecule has 0 unspecified atom stereocenters. The average molecular weight is 329 g/mol. The molecular weight excluding hydrogens is 315 g/mol. The number of phenols is 1. The highest BCUT2D eigenvalue weighted by Gasteiger charge is 2.21. The number of amides is 1. The first-order chi connectivity index (χ1) is 9.68. The zero-order valence-electron chi connectivity index (χ0n) is 11.7. The number of carbonyl (C=O) groups excluding carboxylic acids is 1. The van der Waals surface area contributed by atoms with Crippen LogP contribution >= 0.6 is 23.2 Å². The highest BCUT2D eigenvalue weighted by Crippen LogP contribution is 2.34. The summed E-state index contributed by atoms with van der Waals surface area (Å²) in [4.78, 5) is 16.2. The summed E-state index contributed by atoms with van der Waals surface area (Å²) in [5.41, 5.74) is 0.103. The van der Waals surface area contributed by atoms with Gasteiger partial charge in [0.05, 0.1) is 10.0 Å². The maximum atomic E-state index is 12.1. The van der Waals surface area contributed by atoms with Gasteiger partial charge in [0.1, 0.15) is 5.82 Å². The molecule has 0 fully saturated rings. The highest BCUT2D eigenvalue weighted by atomic mass is 35.5. The lowest BCUT2D eigenvalue weighted by Crippen LogP contribution is -2.16. The summed E-state index contributed by atoms with van der Waals surface area (Å²) in [5, 5.41) is 18.7. The fourth-order valence-corrected chi connectivity index (χ4v) is 2.01. The van der Waals surface area contributed by atoms with Crippen LogP contribution in [0.2, 0.25) is 10.0 Å². The number of benzene rings is 1. The van der Waals surface area contributed by atoms with Crippen molar-refractivity contribution in [3.05, 3.63) is 33.8 Å². The number of nitrogens with zero attached hydrogens (tertiary/aromatic N) is 2. The average Bonchev–Trinajstić information content (AvgIpc) is 2.85. The first kappa shape index (κ1) is 15.6. The Morgan fingerprint density at radius 2 is 1.86 bits per heavy atom. The maximum Gasteiger partial charge on any atom is 0.295 e. The van der Waals surface area contributed by atoms with Gasteiger partial charge >= 0.3 is 0 Å². The Kier molecular flexibility index (Phi) is 4.11. The number of nitrogens with one attached hydrogen (secondary N) is 2. The Bertz CT molecular complexity index is 669. The monoisotopic (exact) mass is 328 g/mol. The van der Waals surface area contributed by atoms with Gasteiger partial charge in [-0.2, -0.15) is 0 Å². The summed E-state index contributed by atoms with van der Waals surface area (Å²) in [6.07, 6.45) is 0. The van der Waals surface area contributed by atoms with E-state index in [1.165, 1.54) is 12.1 Å². The first-order valence-electron chi connectivity index (χ1n) is 6.10. The Labute approximate surface area is 131 Å². The second kappa shape index (κ2) is 5.54. The molecule has 0 aliphatic heterocycles. The Morgan fingerprint density at radius 3 is 2.33 bits per heavy atom. The van der Waals surface area contributed by atoms with Crippen molar-refractivity contribution < 1.29 is 9.90 Å². The molecule has 1 amide bonds. The number of carbonyl (C=O) groups is 1. The van der Waals surface area contributed by atoms with Crippen LogP contribution in [-0.4, -0.2) is 26.2 Å². The SMILES string of the molecule is CC(C)(C)c1nc(C(=O)Nc2cc(Cl)c(O)c(Cl)c2)n[nH]1. The van der Waals surface area contributed by atoms with Crippen LogP contribution in [0.1, 0.15) is 37.2 Å². The highest BCUT2D eigenvalue weighted by molar-refractivity contribution is 6.37. The molecule has 0 bridgehead atoms. The molecule has 0 atom stereocenters. The minimum absolute atomic E-state index is 0.0141. The van der Waals surface area contributed by atoms with Crippen LogP contribution in [0.15, 0.2) is 12.1 Å². The number of anilines is 1. The number of hydrogen-bond acceptors (Lipinski definition) is 4. The maximum absolute atomic E-state index is 12.1. The number of phenolic OH excluding ortho intramolecular Hbond substituents is 1. The number of hydrogen-bond donors (Lipinski definition) is 3. The molecule has 0 saturated carbocycles. The van der Waals surface area contributed by atoms with Crippen LogP contribution in [0.3, 0.4) is 0 Å². The van der Waals surface area contributed by atoms with Crippen LogP contribution in [0.5, 0.6) is 5.75 Å². The molecule has 0 spiro atoms. The van der Waals surface area contributed by atoms with Crippen molar-refractivity contribution in [2.75, 3.05) is 5.32 Å². The third kappa shape index (κ3) is 3.46. The molecule has 0 aliphatic rings. The zero-order chi connectivity index (χ0) is 15.8. The van der Waals surface area contributed by atoms with E-state index in [0.717, 1.165) is 0 Å². The normalized spacial score (nSPS) is 11.5. The largest absolute Gasteiger partial charge is 0.505 e. The number of aromatic amines is 1. The molecule has 8 heteroatoms. The van der Waals surface area contributed by atoms with Crippen molar-refractivity contribution in [2.24, 2.45) is 0 Å². The third-order valence-corrected chi connectivity index (χ3v) is 3.25. The molecular formula is C13H14Cl2N4O2. The number of H-pyrrole nitrogens is 1. The van der Waals surface area contributed by atoms with E-state index in [0.29, 0.717) is 11.5 Å². The van der Waals surface area contributed by atoms with E-state index in [2.05, 4.69) is 20.5 Å². The Balaban J connectivity index is 2.20. The molecule has 0 aliphatic carbocycles. The lowest BCUT2D eigenvalue weighted by atomic mass is 9.96. The fraction of sp³-hybridized carbons (Fsp3) is 0.308. The van der Waals surface area contributed by atoms with Gasteiger partial charge in [0, 0.05) is 11.1 Å². The van der Waals surface area contributed by atoms with E-state index >= 15 is 0 Å². The third-order valence-electron chi connectivity index (χ3n) is 2.67. The molecule has 112 valence electrons. The van der Waals surface area contributed by atoms with E-state index in [4.69, 9.17) is 23.2 Å². The molecule has 21 heavy (non-hydrogen) atoms. The molecule has 1 aromatic carbocycles. The lowest BCUT2D eigenvalue weighted by Gasteiger charge is -2.12. The van der Waals surface area contributed by atoms with Crippen LogP contribution in [-0.2, 0) is 5.41 Å². The number of aromatic hydroxyl groups is 1. The van der Waals surface area contributed by atoms with Gasteiger partial charge in [0.15, 0.2) is 5.75 Å². The van der Waals surface area contributed by atoms with Crippen molar-refractivity contribution in [1.29, 1.82) is 0 Å². The second-order valence-corrected chi connectivity index (χ2v) is 6.31. The van der Waals surface area contributed by atoms with Gasteiger partial charge in [0.2, 0.25) is 5.82 Å². The topological polar surface area (TPSA) is 90.9 Å². The van der Waals surface area contributed by atoms with Crippen LogP contribution < -0.4 is 5.32 Å². The zero-order valence-corrected chi connectivity index (χ0v) is 13.2. The van der Waals surface area contributed by atoms with Crippen LogP contribution in [0, 0.1) is 0 Å². The van der Waals surface area contributed by atoms with E-state index in [1.807, 2.05) is 20.8 Å². The summed E-state index contributed by atoms with van der Waals surface area (Å²) in [5.74, 6) is -0.113. The van der Waals surface area contributed by atoms with E-state index in [9.17, 15) is 9.90 Å². The standard InChI is InChI=1S/C13H14Cl2N4O2/c1-13(2,3)12-17-10(18-19-12)11(21)16-6-4-7(14)9(20)8(15)5-6/h4-5,20H,1-3H3,(H,16,21)(H,17,18,19). The molecule has 2 aromatic rings. The Hall–Kier alpha value is -1.79. The molecule has 3 N–H and O–H groups in total. The summed E-state index contributed by atoms with van der Waals surface area (Å²) in [6.45, 7) is 5.86. The number of aromatic nitrogens is 3. The number of rotatable bonds is 2. The fourth-order valence-electron chi connectivity index (χ4n) is 1.52. The second-order valence-electron chi connectivity index (χ2n) is 5.50. The van der Waals surface area contributed by atoms with Crippen LogP contribution in [0.4, 0.5) is 5.69 Å². The summed E-state index contributed by atoms with van der Waals surface area (Å²) >= 11 is 11.6. The molecule has 2 rings (SSSR count). The van der Waals surface area contributed by atoms with Gasteiger partial charge in [-0.15, -0.1) is 5.10 Å². The Morgan fingerprint density at radius 1 is 1.29 bits per heavy atom. The summed E-state index contributed by atoms with van der Waals surface area (Å²) < 4.78 is 0. The van der Waals surface area contributed by atoms with Gasteiger partial charge < -0.3 is 10.4 Å². The molecule has 0 radical (unpaired) electrons. The van der Waals surface area contributed by atoms with Crippen molar-refractivity contribution in [3.63, 3.8) is 0 Å². The van der Waals surface area contributed by atoms with E-state index < -0.39 is 5.91 Å². The first-order valence-corrected chi connectivity index (χ1v) is 6.86. The van der Waals surface area contributed by atoms with Gasteiger partial charge in [-0.1, -0.05) is 44.0 Å². The van der Waals surface area contributed by atoms with Crippen molar-refractivity contribution in [1.82, 2.24) is 15.2 Å². The van der Waals surface area contributed by atoms with E-state index in [1.54, 1.807) is 0 Å². The molecule has 6 nitrogen and oxygen atoms in total. The lowest BCUT2D eigenvalue weighted by molar-refractivity contribution is 0.101. The van der Waals surface area contributed by atoms with Crippen LogP contribution in [0.25, 0.3) is 0 Å². The van der Waals surface area contributed by atoms with Gasteiger partial charge in [0.25, 0.3) is 5.91 Å². The van der Waals surface area contributed by atoms with E-state index in [-0.39, 0.29) is 27.0 Å². The summed E-state index contributed by atoms with van der Waals surface area (Å²) in [7, 11) is 0. The quantitative estimate of drug-likeness (QED) is 0.737.